The molecule has 0 unspecified atom stereocenters. The Morgan fingerprint density at radius 1 is 0.266 bits per heavy atom. The second-order valence-corrected chi connectivity index (χ2v) is 19.7. The van der Waals surface area contributed by atoms with E-state index in [-0.39, 0.29) is 16.2 Å². The summed E-state index contributed by atoms with van der Waals surface area (Å²) >= 11 is 0. The van der Waals surface area contributed by atoms with E-state index in [4.69, 9.17) is 0 Å². The molecule has 0 aromatic heterocycles. The molecule has 0 bridgehead atoms. The van der Waals surface area contributed by atoms with Crippen LogP contribution in [0.1, 0.15) is 74.9 Å². The predicted octanol–water partition coefficient (Wildman–Crippen LogP) is 17.1. The van der Waals surface area contributed by atoms with Crippen molar-refractivity contribution in [3.63, 3.8) is 0 Å². The Hall–Kier alpha value is -7.22. The summed E-state index contributed by atoms with van der Waals surface area (Å²) < 4.78 is 0. The first kappa shape index (κ1) is 38.5. The van der Waals surface area contributed by atoms with E-state index in [9.17, 15) is 0 Å². The predicted molar refractivity (Wildman–Crippen MR) is 270 cm³/mol. The van der Waals surface area contributed by atoms with Crippen LogP contribution in [0.2, 0.25) is 0 Å². The number of nitrogens with zero attached hydrogens (tertiary/aromatic N) is 1. The molecule has 0 saturated carbocycles. The topological polar surface area (TPSA) is 3.24 Å². The van der Waals surface area contributed by atoms with Gasteiger partial charge in [-0.1, -0.05) is 199 Å². The van der Waals surface area contributed by atoms with E-state index in [2.05, 4.69) is 247 Å². The van der Waals surface area contributed by atoms with Gasteiger partial charge in [0.25, 0.3) is 0 Å². The molecule has 12 rings (SSSR count). The third-order valence-electron chi connectivity index (χ3n) is 15.1. The van der Waals surface area contributed by atoms with Gasteiger partial charge in [0.05, 0.1) is 5.69 Å². The average molecular weight is 822 g/mol. The molecule has 0 radical (unpaired) electrons. The average Bonchev–Trinajstić information content (AvgIpc) is 3.81. The van der Waals surface area contributed by atoms with Crippen LogP contribution in [0.3, 0.4) is 0 Å². The van der Waals surface area contributed by atoms with Crippen molar-refractivity contribution >= 4 is 17.1 Å². The van der Waals surface area contributed by atoms with Crippen LogP contribution in [0.4, 0.5) is 17.1 Å². The van der Waals surface area contributed by atoms with Crippen LogP contribution in [0.25, 0.3) is 66.8 Å². The quantitative estimate of drug-likeness (QED) is 0.161. The number of rotatable bonds is 6. The Morgan fingerprint density at radius 3 is 1.34 bits per heavy atom. The fourth-order valence-electron chi connectivity index (χ4n) is 11.8. The van der Waals surface area contributed by atoms with Crippen LogP contribution in [0.15, 0.2) is 200 Å². The fourth-order valence-corrected chi connectivity index (χ4v) is 11.8. The van der Waals surface area contributed by atoms with Gasteiger partial charge in [-0.3, -0.25) is 0 Å². The number of fused-ring (bicyclic) bond motifs is 9. The monoisotopic (exact) mass is 821 g/mol. The van der Waals surface area contributed by atoms with E-state index in [1.807, 2.05) is 0 Å². The minimum Gasteiger partial charge on any atom is -0.310 e. The minimum absolute atomic E-state index is 0.0557. The van der Waals surface area contributed by atoms with Crippen LogP contribution in [0.5, 0.6) is 0 Å². The molecule has 0 heterocycles. The first-order chi connectivity index (χ1) is 31.0. The summed E-state index contributed by atoms with van der Waals surface area (Å²) in [5.41, 5.74) is 26.9. The number of anilines is 3. The lowest BCUT2D eigenvalue weighted by atomic mass is 9.79. The highest BCUT2D eigenvalue weighted by Crippen LogP contribution is 2.54. The summed E-state index contributed by atoms with van der Waals surface area (Å²) in [4.78, 5) is 2.47. The molecule has 0 aliphatic heterocycles. The molecule has 0 saturated heterocycles. The molecule has 64 heavy (non-hydrogen) atoms. The van der Waals surface area contributed by atoms with Crippen LogP contribution in [-0.2, 0) is 16.2 Å². The molecule has 3 aliphatic rings. The molecule has 1 heteroatoms. The Kier molecular flexibility index (Phi) is 8.35. The molecule has 308 valence electrons. The van der Waals surface area contributed by atoms with Gasteiger partial charge in [0, 0.05) is 33.2 Å². The smallest absolute Gasteiger partial charge is 0.0540 e. The molecule has 0 fully saturated rings. The molecule has 0 spiro atoms. The number of para-hydroxylation sites is 1. The van der Waals surface area contributed by atoms with Crippen molar-refractivity contribution < 1.29 is 0 Å². The molecule has 3 aliphatic carbocycles. The lowest BCUT2D eigenvalue weighted by Crippen LogP contribution is -2.16. The summed E-state index contributed by atoms with van der Waals surface area (Å²) in [6.45, 7) is 14.2. The van der Waals surface area contributed by atoms with Gasteiger partial charge in [0.1, 0.15) is 0 Å². The molecule has 0 atom stereocenters. The molecule has 1 nitrogen and oxygen atoms in total. The Bertz CT molecular complexity index is 3360. The summed E-state index contributed by atoms with van der Waals surface area (Å²) in [5.74, 6) is 0. The lowest BCUT2D eigenvalue weighted by Gasteiger charge is -2.29. The van der Waals surface area contributed by atoms with Gasteiger partial charge in [-0.2, -0.15) is 0 Å². The molecule has 9 aromatic rings. The van der Waals surface area contributed by atoms with Crippen molar-refractivity contribution in [1.82, 2.24) is 0 Å². The largest absolute Gasteiger partial charge is 0.310 e. The van der Waals surface area contributed by atoms with Gasteiger partial charge in [-0.05, 0) is 137 Å². The Labute approximate surface area is 378 Å². The summed E-state index contributed by atoms with van der Waals surface area (Å²) in [6.07, 6.45) is 0. The zero-order valence-electron chi connectivity index (χ0n) is 37.5. The summed E-state index contributed by atoms with van der Waals surface area (Å²) in [7, 11) is 0. The van der Waals surface area contributed by atoms with E-state index in [0.717, 1.165) is 17.1 Å². The van der Waals surface area contributed by atoms with Crippen LogP contribution >= 0.6 is 0 Å². The van der Waals surface area contributed by atoms with E-state index >= 15 is 0 Å². The van der Waals surface area contributed by atoms with Crippen LogP contribution in [0, 0.1) is 0 Å². The Balaban J connectivity index is 1.00. The Morgan fingerprint density at radius 2 is 0.703 bits per heavy atom. The van der Waals surface area contributed by atoms with Crippen molar-refractivity contribution in [2.24, 2.45) is 0 Å². The third-order valence-corrected chi connectivity index (χ3v) is 15.1. The molecular weight excluding hydrogens is 771 g/mol. The van der Waals surface area contributed by atoms with Gasteiger partial charge in [0.2, 0.25) is 0 Å². The summed E-state index contributed by atoms with van der Waals surface area (Å²) in [6, 6.07) is 75.2. The molecule has 9 aromatic carbocycles. The second-order valence-electron chi connectivity index (χ2n) is 19.7. The zero-order chi connectivity index (χ0) is 43.5. The van der Waals surface area contributed by atoms with E-state index in [0.29, 0.717) is 0 Å². The van der Waals surface area contributed by atoms with Gasteiger partial charge >= 0.3 is 0 Å². The highest BCUT2D eigenvalue weighted by molar-refractivity contribution is 5.94. The van der Waals surface area contributed by atoms with Crippen molar-refractivity contribution in [2.75, 3.05) is 4.90 Å². The minimum atomic E-state index is -0.128. The van der Waals surface area contributed by atoms with Gasteiger partial charge in [-0.25, -0.2) is 0 Å². The van der Waals surface area contributed by atoms with Gasteiger partial charge in [-0.15, -0.1) is 0 Å². The molecule has 0 N–H and O–H groups in total. The van der Waals surface area contributed by atoms with Crippen molar-refractivity contribution in [3.8, 4) is 66.8 Å². The normalized spacial score (nSPS) is 15.1. The van der Waals surface area contributed by atoms with Crippen molar-refractivity contribution in [1.29, 1.82) is 0 Å². The lowest BCUT2D eigenvalue weighted by molar-refractivity contribution is 0.660. The van der Waals surface area contributed by atoms with Gasteiger partial charge < -0.3 is 4.90 Å². The van der Waals surface area contributed by atoms with Crippen LogP contribution in [-0.4, -0.2) is 0 Å². The van der Waals surface area contributed by atoms with Crippen LogP contribution < -0.4 is 4.90 Å². The maximum atomic E-state index is 2.47. The summed E-state index contributed by atoms with van der Waals surface area (Å²) in [5, 5.41) is 0. The first-order valence-electron chi connectivity index (χ1n) is 22.8. The molecule has 0 amide bonds. The number of hydrogen-bond acceptors (Lipinski definition) is 1. The number of benzene rings is 9. The highest BCUT2D eigenvalue weighted by Gasteiger charge is 2.39. The first-order valence-corrected chi connectivity index (χ1v) is 22.8. The standard InChI is InChI=1S/C63H51N/c1-61(2)54-25-11-7-20-48(54)51-35-31-41(38-57(51)61)40-29-33-44(34-30-40)64(45-18-15-17-42(37-45)47-23-16-24-53-50-22-9-13-27-56(50)63(5,6)60(47)53)59-28-14-10-19-46(59)43-32-36-52-49-21-8-12-26-55(49)62(3,4)58(52)39-43/h7-39H,1-6H3. The van der Waals surface area contributed by atoms with Gasteiger partial charge in [0.15, 0.2) is 0 Å². The van der Waals surface area contributed by atoms with Crippen molar-refractivity contribution in [3.05, 3.63) is 234 Å². The van der Waals surface area contributed by atoms with E-state index < -0.39 is 0 Å². The van der Waals surface area contributed by atoms with E-state index in [1.54, 1.807) is 0 Å². The zero-order valence-corrected chi connectivity index (χ0v) is 37.5. The van der Waals surface area contributed by atoms with E-state index in [1.165, 1.54) is 100 Å². The highest BCUT2D eigenvalue weighted by atomic mass is 15.1. The van der Waals surface area contributed by atoms with Crippen molar-refractivity contribution in [2.45, 2.75) is 57.8 Å². The maximum absolute atomic E-state index is 2.47. The number of hydrogen-bond donors (Lipinski definition) is 0. The SMILES string of the molecule is CC1(C)c2ccccc2-c2ccc(-c3ccc(N(c4cccc(-c5cccc6c5C(C)(C)c5ccccc5-6)c4)c4ccccc4-c4ccc5c(c4)C(C)(C)c4ccccc4-5)cc3)cc21. The maximum Gasteiger partial charge on any atom is 0.0540 e. The molecular formula is C63H51N. The third kappa shape index (κ3) is 5.56. The fraction of sp³-hybridized carbons (Fsp3) is 0.143. The second kappa shape index (κ2) is 13.9.